The second kappa shape index (κ2) is 6.87. The van der Waals surface area contributed by atoms with Gasteiger partial charge in [0.15, 0.2) is 0 Å². The largest absolute Gasteiger partial charge is 0.465 e. The van der Waals surface area contributed by atoms with E-state index in [2.05, 4.69) is 24.3 Å². The zero-order chi connectivity index (χ0) is 14.4. The summed E-state index contributed by atoms with van der Waals surface area (Å²) in [4.78, 5) is 11.6. The number of nitrogens with two attached hydrogens (primary N) is 1. The Kier molecular flexibility index (Phi) is 4.91. The smallest absolute Gasteiger partial charge is 0.323 e. The minimum absolute atomic E-state index is 0.349. The maximum Gasteiger partial charge on any atom is 0.323 e. The fourth-order valence-electron chi connectivity index (χ4n) is 2.10. The molecule has 0 amide bonds. The molecule has 20 heavy (non-hydrogen) atoms. The van der Waals surface area contributed by atoms with Gasteiger partial charge in [-0.05, 0) is 30.0 Å². The van der Waals surface area contributed by atoms with Gasteiger partial charge in [0.05, 0.1) is 6.61 Å². The second-order valence-electron chi connectivity index (χ2n) is 4.63. The van der Waals surface area contributed by atoms with E-state index >= 15 is 0 Å². The molecule has 1 atom stereocenters. The van der Waals surface area contributed by atoms with Crippen LogP contribution in [0, 0.1) is 0 Å². The van der Waals surface area contributed by atoms with Crippen LogP contribution in [0.3, 0.4) is 0 Å². The highest BCUT2D eigenvalue weighted by molar-refractivity contribution is 5.76. The van der Waals surface area contributed by atoms with Crippen LogP contribution in [0.25, 0.3) is 11.1 Å². The summed E-state index contributed by atoms with van der Waals surface area (Å²) < 4.78 is 4.93. The number of carbonyl (C=O) groups excluding carboxylic acids is 1. The summed E-state index contributed by atoms with van der Waals surface area (Å²) in [7, 11) is 0. The van der Waals surface area contributed by atoms with Crippen LogP contribution in [0.1, 0.15) is 12.5 Å². The van der Waals surface area contributed by atoms with Gasteiger partial charge in [-0.3, -0.25) is 4.79 Å². The van der Waals surface area contributed by atoms with Gasteiger partial charge in [0.25, 0.3) is 0 Å². The third-order valence-corrected chi connectivity index (χ3v) is 3.08. The van der Waals surface area contributed by atoms with Gasteiger partial charge in [-0.25, -0.2) is 0 Å². The van der Waals surface area contributed by atoms with Crippen LogP contribution in [-0.4, -0.2) is 18.6 Å². The summed E-state index contributed by atoms with van der Waals surface area (Å²) in [6.07, 6.45) is 0.486. The minimum Gasteiger partial charge on any atom is -0.465 e. The molecular formula is C17H19NO2. The number of hydrogen-bond acceptors (Lipinski definition) is 3. The van der Waals surface area contributed by atoms with Crippen molar-refractivity contribution in [3.8, 4) is 11.1 Å². The first-order valence-corrected chi connectivity index (χ1v) is 6.77. The van der Waals surface area contributed by atoms with Gasteiger partial charge in [-0.1, -0.05) is 54.6 Å². The van der Waals surface area contributed by atoms with Crippen LogP contribution in [0.4, 0.5) is 0 Å². The Labute approximate surface area is 119 Å². The van der Waals surface area contributed by atoms with E-state index in [1.165, 1.54) is 0 Å². The first-order chi connectivity index (χ1) is 9.70. The van der Waals surface area contributed by atoms with Gasteiger partial charge < -0.3 is 10.5 Å². The third-order valence-electron chi connectivity index (χ3n) is 3.08. The average molecular weight is 269 g/mol. The van der Waals surface area contributed by atoms with Crippen LogP contribution < -0.4 is 5.73 Å². The second-order valence-corrected chi connectivity index (χ2v) is 4.63. The van der Waals surface area contributed by atoms with Crippen molar-refractivity contribution in [2.24, 2.45) is 5.73 Å². The lowest BCUT2D eigenvalue weighted by Crippen LogP contribution is -2.34. The topological polar surface area (TPSA) is 52.3 Å². The normalized spacial score (nSPS) is 11.9. The van der Waals surface area contributed by atoms with E-state index in [1.807, 2.05) is 30.3 Å². The summed E-state index contributed by atoms with van der Waals surface area (Å²) in [6.45, 7) is 2.14. The van der Waals surface area contributed by atoms with Crippen molar-refractivity contribution in [3.05, 3.63) is 60.2 Å². The molecule has 0 aliphatic carbocycles. The molecule has 0 heterocycles. The molecule has 0 radical (unpaired) electrons. The molecule has 0 aromatic heterocycles. The number of ether oxygens (including phenoxy) is 1. The maximum atomic E-state index is 11.6. The molecule has 2 N–H and O–H groups in total. The summed E-state index contributed by atoms with van der Waals surface area (Å²) in [6, 6.07) is 17.6. The number of rotatable bonds is 5. The predicted molar refractivity (Wildman–Crippen MR) is 80.2 cm³/mol. The Balaban J connectivity index is 2.12. The lowest BCUT2D eigenvalue weighted by atomic mass is 10.00. The Morgan fingerprint density at radius 1 is 1.10 bits per heavy atom. The van der Waals surface area contributed by atoms with Crippen LogP contribution in [0.15, 0.2) is 54.6 Å². The van der Waals surface area contributed by atoms with Crippen molar-refractivity contribution < 1.29 is 9.53 Å². The standard InChI is InChI=1S/C17H19NO2/c1-2-20-17(19)16(18)12-13-7-6-10-15(11-13)14-8-4-3-5-9-14/h3-11,16H,2,12,18H2,1H3/t16-/m0/s1. The molecular weight excluding hydrogens is 250 g/mol. The molecule has 104 valence electrons. The molecule has 0 bridgehead atoms. The van der Waals surface area contributed by atoms with Crippen molar-refractivity contribution >= 4 is 5.97 Å². The third kappa shape index (κ3) is 3.68. The highest BCUT2D eigenvalue weighted by Gasteiger charge is 2.15. The van der Waals surface area contributed by atoms with E-state index in [9.17, 15) is 4.79 Å². The van der Waals surface area contributed by atoms with Crippen molar-refractivity contribution in [2.75, 3.05) is 6.61 Å². The molecule has 0 fully saturated rings. The molecule has 0 saturated carbocycles. The van der Waals surface area contributed by atoms with E-state index < -0.39 is 6.04 Å². The van der Waals surface area contributed by atoms with Gasteiger partial charge >= 0.3 is 5.97 Å². The summed E-state index contributed by atoms with van der Waals surface area (Å²) in [5.41, 5.74) is 9.16. The van der Waals surface area contributed by atoms with Crippen molar-refractivity contribution in [2.45, 2.75) is 19.4 Å². The highest BCUT2D eigenvalue weighted by atomic mass is 16.5. The lowest BCUT2D eigenvalue weighted by molar-refractivity contribution is -0.144. The van der Waals surface area contributed by atoms with Gasteiger partial charge in [0, 0.05) is 0 Å². The molecule has 2 aromatic carbocycles. The van der Waals surface area contributed by atoms with Crippen LogP contribution in [0.2, 0.25) is 0 Å². The molecule has 0 saturated heterocycles. The molecule has 0 aliphatic rings. The maximum absolute atomic E-state index is 11.6. The Bertz CT molecular complexity index is 566. The number of benzene rings is 2. The number of carbonyl (C=O) groups is 1. The molecule has 3 nitrogen and oxygen atoms in total. The van der Waals surface area contributed by atoms with Gasteiger partial charge in [-0.15, -0.1) is 0 Å². The lowest BCUT2D eigenvalue weighted by Gasteiger charge is -2.11. The number of hydrogen-bond donors (Lipinski definition) is 1. The Morgan fingerprint density at radius 3 is 2.50 bits per heavy atom. The van der Waals surface area contributed by atoms with Crippen LogP contribution in [0.5, 0.6) is 0 Å². The summed E-state index contributed by atoms with van der Waals surface area (Å²) >= 11 is 0. The average Bonchev–Trinajstić information content (AvgIpc) is 2.48. The fourth-order valence-corrected chi connectivity index (χ4v) is 2.10. The van der Waals surface area contributed by atoms with Gasteiger partial charge in [-0.2, -0.15) is 0 Å². The first-order valence-electron chi connectivity index (χ1n) is 6.77. The Morgan fingerprint density at radius 2 is 1.80 bits per heavy atom. The number of esters is 1. The van der Waals surface area contributed by atoms with E-state index in [0.717, 1.165) is 16.7 Å². The molecule has 0 aliphatic heterocycles. The van der Waals surface area contributed by atoms with E-state index in [1.54, 1.807) is 6.92 Å². The SMILES string of the molecule is CCOC(=O)[C@@H](N)Cc1cccc(-c2ccccc2)c1. The van der Waals surface area contributed by atoms with Crippen LogP contribution in [-0.2, 0) is 16.0 Å². The fraction of sp³-hybridized carbons (Fsp3) is 0.235. The molecule has 2 rings (SSSR count). The first kappa shape index (κ1) is 14.3. The molecule has 2 aromatic rings. The summed E-state index contributed by atoms with van der Waals surface area (Å²) in [5, 5.41) is 0. The highest BCUT2D eigenvalue weighted by Crippen LogP contribution is 2.20. The van der Waals surface area contributed by atoms with Crippen molar-refractivity contribution in [3.63, 3.8) is 0 Å². The van der Waals surface area contributed by atoms with Gasteiger partial charge in [0.2, 0.25) is 0 Å². The van der Waals surface area contributed by atoms with Crippen molar-refractivity contribution in [1.29, 1.82) is 0 Å². The predicted octanol–water partition coefficient (Wildman–Crippen LogP) is 2.79. The van der Waals surface area contributed by atoms with E-state index in [4.69, 9.17) is 10.5 Å². The Hall–Kier alpha value is -2.13. The zero-order valence-corrected chi connectivity index (χ0v) is 11.6. The quantitative estimate of drug-likeness (QED) is 0.849. The summed E-state index contributed by atoms with van der Waals surface area (Å²) in [5.74, 6) is -0.349. The minimum atomic E-state index is -0.610. The van der Waals surface area contributed by atoms with Gasteiger partial charge in [0.1, 0.15) is 6.04 Å². The molecule has 0 unspecified atom stereocenters. The molecule has 3 heteroatoms. The van der Waals surface area contributed by atoms with Crippen LogP contribution >= 0.6 is 0 Å². The molecule has 0 spiro atoms. The van der Waals surface area contributed by atoms with E-state index in [-0.39, 0.29) is 5.97 Å². The zero-order valence-electron chi connectivity index (χ0n) is 11.6. The monoisotopic (exact) mass is 269 g/mol. The van der Waals surface area contributed by atoms with Crippen molar-refractivity contribution in [1.82, 2.24) is 0 Å². The van der Waals surface area contributed by atoms with E-state index in [0.29, 0.717) is 13.0 Å².